The van der Waals surface area contributed by atoms with Crippen LogP contribution in [0.2, 0.25) is 48.4 Å². The molecule has 12 unspecified atom stereocenters. The summed E-state index contributed by atoms with van der Waals surface area (Å²) in [6.45, 7) is 12.5. The maximum absolute atomic E-state index is 8.11. The monoisotopic (exact) mass is 1370 g/mol. The molecule has 0 aromatic heterocycles. The van der Waals surface area contributed by atoms with Crippen LogP contribution in [0, 0.1) is 0 Å². The van der Waals surface area contributed by atoms with E-state index >= 15 is 0 Å². The van der Waals surface area contributed by atoms with E-state index in [1.165, 1.54) is 0 Å². The zero-order valence-corrected chi connectivity index (χ0v) is 59.1. The molecule has 12 saturated heterocycles. The average Bonchev–Trinajstić information content (AvgIpc) is 1.78. The molecule has 12 aliphatic rings. The highest BCUT2D eigenvalue weighted by molar-refractivity contribution is 6.99. The van der Waals surface area contributed by atoms with Crippen molar-refractivity contribution in [2.75, 3.05) is 159 Å². The average molecular weight is 1370 g/mol. The van der Waals surface area contributed by atoms with Gasteiger partial charge in [-0.1, -0.05) is 0 Å². The van der Waals surface area contributed by atoms with Gasteiger partial charge in [-0.25, -0.2) is 0 Å². The molecule has 6 bridgehead atoms. The first-order valence-electron chi connectivity index (χ1n) is 31.5. The van der Waals surface area contributed by atoms with Crippen molar-refractivity contribution in [3.05, 3.63) is 0 Å². The largest absolute Gasteiger partial charge is 0.478 e. The molecule has 0 aliphatic carbocycles. The third-order valence-corrected chi connectivity index (χ3v) is 52.4. The van der Waals surface area contributed by atoms with Gasteiger partial charge in [0.05, 0.1) is 106 Å². The summed E-state index contributed by atoms with van der Waals surface area (Å²) >= 11 is 0. The van der Waals surface area contributed by atoms with Gasteiger partial charge in [-0.2, -0.15) is 0 Å². The second-order valence-corrected chi connectivity index (χ2v) is 48.9. The van der Waals surface area contributed by atoms with E-state index in [0.29, 0.717) is 215 Å². The van der Waals surface area contributed by atoms with Gasteiger partial charge in [-0.05, 0) is 57.4 Å². The first kappa shape index (κ1) is 65.9. The molecule has 28 nitrogen and oxygen atoms in total. The Bertz CT molecular complexity index is 1920. The topological polar surface area (TPSA) is 285 Å². The van der Waals surface area contributed by atoms with Gasteiger partial charge in [0, 0.05) is 95.2 Å². The van der Waals surface area contributed by atoms with Gasteiger partial charge in [0.2, 0.25) is 0 Å². The van der Waals surface area contributed by atoms with Crippen LogP contribution in [0.3, 0.4) is 0 Å². The Morgan fingerprint density at radius 1 is 0.282 bits per heavy atom. The van der Waals surface area contributed by atoms with Gasteiger partial charge >= 0.3 is 61.6 Å². The number of ether oxygens (including phenoxy) is 16. The standard InChI is InChI=1S/C48H92O28Si9/c1(9-49-25-41-33-57-41)17-77-65-79(18-2-10-50-26-42-34-58-42)68-82(21-5-13-53-29-45-37-61-45)70-80(19-3-11-51-27-43-35-59-43)66-78-67-81(20-4-12-52-28-44-36-60-44)71-83(69-79,22-6-14-54-30-46-38-62-46)75-85(74-82,24-8-16-56-32-48-40-64-48)76-84(72-80,73-81)23-7-15-55-31-47-39-63-47/h41-48H,1-40,77-78H2. The predicted octanol–water partition coefficient (Wildman–Crippen LogP) is 0.757. The minimum absolute atomic E-state index is 0.0678. The fourth-order valence-electron chi connectivity index (χ4n) is 10.3. The summed E-state index contributed by atoms with van der Waals surface area (Å²) in [7, 11) is -33.4. The molecule has 12 rings (SSSR count). The Morgan fingerprint density at radius 3 is 0.776 bits per heavy atom. The molecule has 0 radical (unpaired) electrons. The van der Waals surface area contributed by atoms with Gasteiger partial charge in [0.1, 0.15) is 48.8 Å². The summed E-state index contributed by atoms with van der Waals surface area (Å²) in [4.78, 5) is 0. The molecular weight excluding hydrogens is 1280 g/mol. The molecule has 0 spiro atoms. The summed E-state index contributed by atoms with van der Waals surface area (Å²) in [5.74, 6) is 0. The molecule has 0 aromatic carbocycles. The van der Waals surface area contributed by atoms with E-state index in [-0.39, 0.29) is 73.0 Å². The van der Waals surface area contributed by atoms with Gasteiger partial charge in [-0.15, -0.1) is 0 Å². The second-order valence-electron chi connectivity index (χ2n) is 23.6. The minimum Gasteiger partial charge on any atom is -0.422 e. The Hall–Kier alpha value is 0.832. The van der Waals surface area contributed by atoms with Crippen LogP contribution in [0.5, 0.6) is 0 Å². The Balaban J connectivity index is 0.946. The maximum Gasteiger partial charge on any atom is 0.478 e. The molecule has 12 heterocycles. The van der Waals surface area contributed by atoms with E-state index in [2.05, 4.69) is 0 Å². The Labute approximate surface area is 511 Å². The van der Waals surface area contributed by atoms with Crippen LogP contribution in [0.15, 0.2) is 0 Å². The van der Waals surface area contributed by atoms with Crippen molar-refractivity contribution >= 4 is 81.4 Å². The van der Waals surface area contributed by atoms with E-state index in [1.54, 1.807) is 0 Å². The molecule has 85 heavy (non-hydrogen) atoms. The van der Waals surface area contributed by atoms with Crippen LogP contribution < -0.4 is 0 Å². The number of hydrogen-bond donors (Lipinski definition) is 0. The molecule has 0 aromatic rings. The Kier molecular flexibility index (Phi) is 24.7. The Morgan fingerprint density at radius 2 is 0.506 bits per heavy atom. The summed E-state index contributed by atoms with van der Waals surface area (Å²) < 4.78 is 189. The first-order chi connectivity index (χ1) is 41.7. The van der Waals surface area contributed by atoms with Gasteiger partial charge < -0.3 is 125 Å². The predicted molar refractivity (Wildman–Crippen MR) is 310 cm³/mol. The van der Waals surface area contributed by atoms with Crippen molar-refractivity contribution in [3.63, 3.8) is 0 Å². The van der Waals surface area contributed by atoms with Crippen LogP contribution >= 0.6 is 0 Å². The zero-order valence-electron chi connectivity index (χ0n) is 49.2. The lowest BCUT2D eigenvalue weighted by Gasteiger charge is -2.59. The first-order valence-corrected chi connectivity index (χ1v) is 47.7. The number of hydrogen-bond acceptors (Lipinski definition) is 28. The number of rotatable bonds is 50. The van der Waals surface area contributed by atoms with E-state index < -0.39 is 81.4 Å². The van der Waals surface area contributed by atoms with Crippen molar-refractivity contribution in [1.82, 2.24) is 0 Å². The van der Waals surface area contributed by atoms with Crippen LogP contribution in [0.25, 0.3) is 0 Å². The van der Waals surface area contributed by atoms with Crippen molar-refractivity contribution in [1.29, 1.82) is 0 Å². The lowest BCUT2D eigenvalue weighted by Crippen LogP contribution is -2.83. The summed E-state index contributed by atoms with van der Waals surface area (Å²) in [5.41, 5.74) is 0. The highest BCUT2D eigenvalue weighted by Crippen LogP contribution is 2.50. The van der Waals surface area contributed by atoms with Crippen molar-refractivity contribution in [3.8, 4) is 0 Å². The van der Waals surface area contributed by atoms with Crippen LogP contribution in [0.4, 0.5) is 0 Å². The van der Waals surface area contributed by atoms with E-state index in [4.69, 9.17) is 125 Å². The fraction of sp³-hybridized carbons (Fsp3) is 1.00. The lowest BCUT2D eigenvalue weighted by atomic mass is 10.5. The molecule has 12 aliphatic heterocycles. The SMILES string of the molecule is C(COCC1CO1)C[SiH2]O[Si]1(CCCOCC2CO2)O[Si]2(CCCOCC3CO3)O[Si]3(CCCOCC4CO4)O[SiH2]O[Si]4(CCCOCC5CO5)O[Si](CCCOCC5CO5)(O1)O[Si](CCCOCC1CO1)(O2)O[Si](CCCOCC1CO1)(O3)O4. The molecule has 37 heteroatoms. The van der Waals surface area contributed by atoms with Gasteiger partial charge in [0.15, 0.2) is 9.76 Å². The van der Waals surface area contributed by atoms with Crippen molar-refractivity contribution in [2.45, 2.75) is 149 Å². The highest BCUT2D eigenvalue weighted by atomic mass is 28.6. The molecule has 0 saturated carbocycles. The minimum atomic E-state index is -4.37. The number of epoxide rings is 8. The van der Waals surface area contributed by atoms with Crippen LogP contribution in [0.1, 0.15) is 51.4 Å². The smallest absolute Gasteiger partial charge is 0.422 e. The van der Waals surface area contributed by atoms with Crippen molar-refractivity contribution in [2.24, 2.45) is 0 Å². The maximum atomic E-state index is 8.11. The normalized spacial score (nSPS) is 40.2. The third-order valence-electron chi connectivity index (χ3n) is 15.4. The summed E-state index contributed by atoms with van der Waals surface area (Å²) in [5, 5.41) is 0. The van der Waals surface area contributed by atoms with Gasteiger partial charge in [0.25, 0.3) is 10.0 Å². The molecule has 12 atom stereocenters. The highest BCUT2D eigenvalue weighted by Gasteiger charge is 2.78. The van der Waals surface area contributed by atoms with Crippen LogP contribution in [-0.4, -0.2) is 289 Å². The van der Waals surface area contributed by atoms with E-state index in [1.807, 2.05) is 0 Å². The molecule has 488 valence electrons. The van der Waals surface area contributed by atoms with Gasteiger partial charge in [-0.3, -0.25) is 0 Å². The fourth-order valence-corrected chi connectivity index (χ4v) is 57.6. The second kappa shape index (κ2) is 31.8. The third kappa shape index (κ3) is 22.5. The molecule has 0 amide bonds. The molecular formula is C48H92O28Si9. The summed E-state index contributed by atoms with van der Waals surface area (Å²) in [6.07, 6.45) is 4.89. The van der Waals surface area contributed by atoms with Crippen molar-refractivity contribution < 1.29 is 125 Å². The zero-order chi connectivity index (χ0) is 57.6. The quantitative estimate of drug-likeness (QED) is 0.0462. The van der Waals surface area contributed by atoms with E-state index in [9.17, 15) is 0 Å². The van der Waals surface area contributed by atoms with E-state index in [0.717, 1.165) is 19.1 Å². The molecule has 12 fully saturated rings. The van der Waals surface area contributed by atoms with Crippen LogP contribution in [-0.2, 0) is 125 Å². The lowest BCUT2D eigenvalue weighted by molar-refractivity contribution is -0.00112. The summed E-state index contributed by atoms with van der Waals surface area (Å²) in [6, 6.07) is 2.75. The molecule has 0 N–H and O–H groups in total. The number of fused-ring (bicyclic) bond motifs is 4.